The number of nitrogens with two attached hydrogens (primary N) is 1. The highest BCUT2D eigenvalue weighted by atomic mass is 79.9. The lowest BCUT2D eigenvalue weighted by molar-refractivity contribution is 1.17. The van der Waals surface area contributed by atoms with E-state index in [4.69, 9.17) is 5.73 Å². The van der Waals surface area contributed by atoms with E-state index in [1.807, 2.05) is 18.2 Å². The van der Waals surface area contributed by atoms with Gasteiger partial charge in [0.25, 0.3) is 0 Å². The summed E-state index contributed by atoms with van der Waals surface area (Å²) in [5, 5.41) is 1.000. The third kappa shape index (κ3) is 2.45. The second-order valence-corrected chi connectivity index (χ2v) is 4.52. The number of benzene rings is 2. The van der Waals surface area contributed by atoms with Gasteiger partial charge in [0.2, 0.25) is 0 Å². The van der Waals surface area contributed by atoms with E-state index in [9.17, 15) is 0 Å². The van der Waals surface area contributed by atoms with Crippen LogP contribution in [0.1, 0.15) is 5.56 Å². The monoisotopic (exact) mass is 275 g/mol. The Morgan fingerprint density at radius 1 is 0.938 bits per heavy atom. The van der Waals surface area contributed by atoms with Gasteiger partial charge in [0, 0.05) is 16.6 Å². The van der Waals surface area contributed by atoms with Crippen LogP contribution in [0.4, 0.5) is 5.69 Å². The van der Waals surface area contributed by atoms with E-state index in [-0.39, 0.29) is 0 Å². The first-order valence-electron chi connectivity index (χ1n) is 5.31. The van der Waals surface area contributed by atoms with E-state index in [1.54, 1.807) is 0 Å². The maximum Gasteiger partial charge on any atom is 0.0393 e. The van der Waals surface area contributed by atoms with Crippen LogP contribution in [-0.2, 0) is 6.42 Å². The molecule has 0 heterocycles. The fourth-order valence-corrected chi connectivity index (χ4v) is 2.18. The van der Waals surface area contributed by atoms with Gasteiger partial charge >= 0.3 is 0 Å². The molecule has 0 spiro atoms. The molecule has 1 nitrogen and oxygen atoms in total. The average molecular weight is 276 g/mol. The zero-order valence-corrected chi connectivity index (χ0v) is 10.6. The second kappa shape index (κ2) is 5.17. The maximum absolute atomic E-state index is 5.94. The van der Waals surface area contributed by atoms with Crippen molar-refractivity contribution in [2.24, 2.45) is 0 Å². The molecule has 0 bridgehead atoms. The summed E-state index contributed by atoms with van der Waals surface area (Å²) in [4.78, 5) is 0. The Morgan fingerprint density at radius 3 is 2.25 bits per heavy atom. The Morgan fingerprint density at radius 2 is 1.62 bits per heavy atom. The minimum atomic E-state index is 0.829. The van der Waals surface area contributed by atoms with Crippen molar-refractivity contribution in [1.29, 1.82) is 0 Å². The predicted octanol–water partition coefficient (Wildman–Crippen LogP) is 3.87. The lowest BCUT2D eigenvalue weighted by Crippen LogP contribution is -1.90. The molecule has 0 saturated carbocycles. The molecule has 0 fully saturated rings. The van der Waals surface area contributed by atoms with Crippen molar-refractivity contribution in [3.63, 3.8) is 0 Å². The lowest BCUT2D eigenvalue weighted by atomic mass is 10.0. The minimum Gasteiger partial charge on any atom is -0.398 e. The molecule has 0 aromatic heterocycles. The lowest BCUT2D eigenvalue weighted by Gasteiger charge is -2.06. The third-order valence-corrected chi connectivity index (χ3v) is 3.01. The topological polar surface area (TPSA) is 26.0 Å². The fourth-order valence-electron chi connectivity index (χ4n) is 1.72. The van der Waals surface area contributed by atoms with Gasteiger partial charge in [0.05, 0.1) is 0 Å². The molecule has 0 saturated heterocycles. The van der Waals surface area contributed by atoms with Crippen LogP contribution < -0.4 is 5.73 Å². The van der Waals surface area contributed by atoms with Crippen LogP contribution in [0.15, 0.2) is 48.5 Å². The number of hydrogen-bond donors (Lipinski definition) is 1. The molecular formula is C14H14BrN. The van der Waals surface area contributed by atoms with Crippen LogP contribution in [0.3, 0.4) is 0 Å². The molecule has 2 rings (SSSR count). The van der Waals surface area contributed by atoms with Crippen LogP contribution in [-0.4, -0.2) is 5.33 Å². The number of rotatable bonds is 3. The van der Waals surface area contributed by atoms with E-state index >= 15 is 0 Å². The zero-order chi connectivity index (χ0) is 11.4. The summed E-state index contributed by atoms with van der Waals surface area (Å²) >= 11 is 3.44. The molecule has 0 amide bonds. The van der Waals surface area contributed by atoms with Crippen molar-refractivity contribution in [2.75, 3.05) is 11.1 Å². The second-order valence-electron chi connectivity index (χ2n) is 3.72. The van der Waals surface area contributed by atoms with Gasteiger partial charge in [-0.2, -0.15) is 0 Å². The Kier molecular flexibility index (Phi) is 3.62. The Labute approximate surface area is 104 Å². The summed E-state index contributed by atoms with van der Waals surface area (Å²) < 4.78 is 0. The molecule has 2 N–H and O–H groups in total. The fraction of sp³-hybridized carbons (Fsp3) is 0.143. The quantitative estimate of drug-likeness (QED) is 0.668. The SMILES string of the molecule is Nc1ccccc1-c1ccc(CCBr)cc1. The smallest absolute Gasteiger partial charge is 0.0393 e. The van der Waals surface area contributed by atoms with Gasteiger partial charge < -0.3 is 5.73 Å². The number of hydrogen-bond acceptors (Lipinski definition) is 1. The molecule has 0 unspecified atom stereocenters. The normalized spacial score (nSPS) is 10.3. The standard InChI is InChI=1S/C14H14BrN/c15-10-9-11-5-7-12(8-6-11)13-3-1-2-4-14(13)16/h1-8H,9-10,16H2. The summed E-state index contributed by atoms with van der Waals surface area (Å²) in [5.41, 5.74) is 10.4. The van der Waals surface area contributed by atoms with E-state index in [2.05, 4.69) is 46.3 Å². The van der Waals surface area contributed by atoms with Crippen molar-refractivity contribution >= 4 is 21.6 Å². The first-order valence-corrected chi connectivity index (χ1v) is 6.43. The summed E-state index contributed by atoms with van der Waals surface area (Å²) in [5.74, 6) is 0. The van der Waals surface area contributed by atoms with Crippen molar-refractivity contribution < 1.29 is 0 Å². The number of aryl methyl sites for hydroxylation is 1. The Bertz CT molecular complexity index is 462. The summed E-state index contributed by atoms with van der Waals surface area (Å²) in [6.45, 7) is 0. The van der Waals surface area contributed by atoms with Gasteiger partial charge in [-0.05, 0) is 23.6 Å². The van der Waals surface area contributed by atoms with Crippen LogP contribution in [0.2, 0.25) is 0 Å². The molecular weight excluding hydrogens is 262 g/mol. The summed E-state index contributed by atoms with van der Waals surface area (Å²) in [7, 11) is 0. The van der Waals surface area contributed by atoms with Crippen LogP contribution in [0.5, 0.6) is 0 Å². The van der Waals surface area contributed by atoms with Gasteiger partial charge in [0.15, 0.2) is 0 Å². The molecule has 0 aliphatic rings. The van der Waals surface area contributed by atoms with Crippen LogP contribution in [0.25, 0.3) is 11.1 Å². The van der Waals surface area contributed by atoms with Gasteiger partial charge in [-0.1, -0.05) is 58.4 Å². The van der Waals surface area contributed by atoms with E-state index in [0.29, 0.717) is 0 Å². The number of halogens is 1. The van der Waals surface area contributed by atoms with Gasteiger partial charge in [0.1, 0.15) is 0 Å². The predicted molar refractivity (Wildman–Crippen MR) is 73.8 cm³/mol. The Balaban J connectivity index is 2.31. The van der Waals surface area contributed by atoms with Crippen LogP contribution >= 0.6 is 15.9 Å². The molecule has 82 valence electrons. The highest BCUT2D eigenvalue weighted by Gasteiger charge is 2.01. The van der Waals surface area contributed by atoms with Crippen molar-refractivity contribution in [3.8, 4) is 11.1 Å². The number of alkyl halides is 1. The number of anilines is 1. The highest BCUT2D eigenvalue weighted by molar-refractivity contribution is 9.09. The third-order valence-electron chi connectivity index (χ3n) is 2.61. The minimum absolute atomic E-state index is 0.829. The van der Waals surface area contributed by atoms with Crippen molar-refractivity contribution in [2.45, 2.75) is 6.42 Å². The molecule has 2 heteroatoms. The Hall–Kier alpha value is -1.28. The van der Waals surface area contributed by atoms with Crippen LogP contribution in [0, 0.1) is 0 Å². The molecule has 0 aliphatic heterocycles. The molecule has 0 radical (unpaired) electrons. The average Bonchev–Trinajstić information content (AvgIpc) is 2.31. The van der Waals surface area contributed by atoms with Crippen molar-refractivity contribution in [1.82, 2.24) is 0 Å². The summed E-state index contributed by atoms with van der Waals surface area (Å²) in [6, 6.07) is 16.5. The van der Waals surface area contributed by atoms with Crippen molar-refractivity contribution in [3.05, 3.63) is 54.1 Å². The van der Waals surface area contributed by atoms with Gasteiger partial charge in [-0.3, -0.25) is 0 Å². The van der Waals surface area contributed by atoms with Gasteiger partial charge in [-0.25, -0.2) is 0 Å². The first-order chi connectivity index (χ1) is 7.81. The largest absolute Gasteiger partial charge is 0.398 e. The van der Waals surface area contributed by atoms with E-state index in [1.165, 1.54) is 11.1 Å². The molecule has 0 atom stereocenters. The first kappa shape index (κ1) is 11.2. The van der Waals surface area contributed by atoms with E-state index < -0.39 is 0 Å². The van der Waals surface area contributed by atoms with Gasteiger partial charge in [-0.15, -0.1) is 0 Å². The molecule has 16 heavy (non-hydrogen) atoms. The number of nitrogen functional groups attached to an aromatic ring is 1. The highest BCUT2D eigenvalue weighted by Crippen LogP contribution is 2.25. The summed E-state index contributed by atoms with van der Waals surface area (Å²) in [6.07, 6.45) is 1.06. The molecule has 2 aromatic rings. The maximum atomic E-state index is 5.94. The number of para-hydroxylation sites is 1. The molecule has 0 aliphatic carbocycles. The molecule has 2 aromatic carbocycles. The van der Waals surface area contributed by atoms with E-state index in [0.717, 1.165) is 23.0 Å². The zero-order valence-electron chi connectivity index (χ0n) is 8.99.